The van der Waals surface area contributed by atoms with Crippen LogP contribution in [0.4, 0.5) is 4.79 Å². The number of nitrogens with one attached hydrogen (secondary N) is 2. The lowest BCUT2D eigenvalue weighted by molar-refractivity contribution is -0.144. The van der Waals surface area contributed by atoms with Crippen LogP contribution in [-0.4, -0.2) is 104 Å². The van der Waals surface area contributed by atoms with Crippen LogP contribution in [-0.2, 0) is 38.4 Å². The molecule has 0 saturated heterocycles. The standard InChI is InChI=1S/C43H64N8O6/c1-43(2,3)57-42(56)51(37(25-31-15-9-6-10-16-31)41(55)50(4)36(39(45)53)27-34-28-47-29-49-34)35(24-30-13-7-5-8-14-30)38(52)26-33(23-32-17-21-46-22-18-32)40(54)48-20-12-11-19-44/h6,9-10,15-18,21-22,28-30,33,35-38,52H,5,7-8,11-14,19-20,23-27,44H2,1-4H3,(H2,45,53)(H,47,49)(H,48,54)/t33-,35+,36+,37+,38+/m1/s1. The average Bonchev–Trinajstić information content (AvgIpc) is 3.71. The van der Waals surface area contributed by atoms with Gasteiger partial charge in [-0.1, -0.05) is 62.4 Å². The van der Waals surface area contributed by atoms with E-state index in [-0.39, 0.29) is 31.1 Å². The highest BCUT2D eigenvalue weighted by atomic mass is 16.6. The van der Waals surface area contributed by atoms with E-state index in [9.17, 15) is 19.5 Å². The van der Waals surface area contributed by atoms with E-state index in [0.717, 1.165) is 49.7 Å². The fourth-order valence-electron chi connectivity index (χ4n) is 7.75. The van der Waals surface area contributed by atoms with Gasteiger partial charge >= 0.3 is 6.09 Å². The summed E-state index contributed by atoms with van der Waals surface area (Å²) in [4.78, 5) is 70.6. The normalized spacial score (nSPS) is 16.1. The number of hydrogen-bond donors (Lipinski definition) is 5. The fraction of sp³-hybridized carbons (Fsp3) is 0.581. The van der Waals surface area contributed by atoms with Gasteiger partial charge in [0.2, 0.25) is 17.7 Å². The molecule has 0 bridgehead atoms. The third kappa shape index (κ3) is 14.3. The van der Waals surface area contributed by atoms with Gasteiger partial charge in [0.05, 0.1) is 18.5 Å². The van der Waals surface area contributed by atoms with E-state index in [4.69, 9.17) is 16.2 Å². The maximum Gasteiger partial charge on any atom is 0.411 e. The number of imidazole rings is 1. The molecule has 1 aliphatic carbocycles. The van der Waals surface area contributed by atoms with Crippen LogP contribution in [0.25, 0.3) is 0 Å². The molecule has 1 saturated carbocycles. The Morgan fingerprint density at radius 3 is 2.25 bits per heavy atom. The number of aliphatic hydroxyl groups is 1. The van der Waals surface area contributed by atoms with Crippen LogP contribution in [0, 0.1) is 11.8 Å². The monoisotopic (exact) mass is 788 g/mol. The second-order valence-electron chi connectivity index (χ2n) is 16.4. The number of hydrogen-bond acceptors (Lipinski definition) is 9. The Morgan fingerprint density at radius 1 is 0.947 bits per heavy atom. The molecule has 2 aromatic heterocycles. The van der Waals surface area contributed by atoms with Gasteiger partial charge in [0.1, 0.15) is 17.7 Å². The van der Waals surface area contributed by atoms with Gasteiger partial charge in [-0.2, -0.15) is 0 Å². The molecule has 57 heavy (non-hydrogen) atoms. The molecule has 1 aromatic carbocycles. The number of nitrogens with two attached hydrogens (primary N) is 2. The van der Waals surface area contributed by atoms with Gasteiger partial charge in [-0.25, -0.2) is 9.78 Å². The van der Waals surface area contributed by atoms with Crippen molar-refractivity contribution in [3.63, 3.8) is 0 Å². The van der Waals surface area contributed by atoms with Crippen molar-refractivity contribution in [1.82, 2.24) is 30.1 Å². The van der Waals surface area contributed by atoms with Gasteiger partial charge < -0.3 is 36.5 Å². The minimum absolute atomic E-state index is 0.00749. The summed E-state index contributed by atoms with van der Waals surface area (Å²) in [6.07, 6.45) is 11.6. The zero-order chi connectivity index (χ0) is 41.4. The van der Waals surface area contributed by atoms with Crippen molar-refractivity contribution in [2.45, 2.75) is 128 Å². The van der Waals surface area contributed by atoms with Crippen molar-refractivity contribution < 1.29 is 29.0 Å². The Bertz CT molecular complexity index is 1660. The van der Waals surface area contributed by atoms with E-state index < -0.39 is 53.7 Å². The summed E-state index contributed by atoms with van der Waals surface area (Å²) >= 11 is 0. The number of likely N-dealkylation sites (N-methyl/N-ethyl adjacent to an activating group) is 1. The quantitative estimate of drug-likeness (QED) is 0.0973. The third-order valence-electron chi connectivity index (χ3n) is 10.8. The van der Waals surface area contributed by atoms with Crippen LogP contribution in [0.3, 0.4) is 0 Å². The number of carbonyl (C=O) groups excluding carboxylic acids is 4. The minimum atomic E-state index is -1.24. The Labute approximate surface area is 337 Å². The van der Waals surface area contributed by atoms with Gasteiger partial charge in [-0.05, 0) is 88.6 Å². The Hall–Kier alpha value is -4.82. The van der Waals surface area contributed by atoms with E-state index in [0.29, 0.717) is 38.0 Å². The molecule has 14 nitrogen and oxygen atoms in total. The number of benzene rings is 1. The molecular weight excluding hydrogens is 725 g/mol. The second-order valence-corrected chi connectivity index (χ2v) is 16.4. The Kier molecular flexibility index (Phi) is 17.5. The molecule has 7 N–H and O–H groups in total. The molecule has 14 heteroatoms. The minimum Gasteiger partial charge on any atom is -0.444 e. The molecule has 2 heterocycles. The number of ether oxygens (including phenoxy) is 1. The van der Waals surface area contributed by atoms with Crippen LogP contribution in [0.1, 0.15) is 95.4 Å². The summed E-state index contributed by atoms with van der Waals surface area (Å²) in [7, 11) is 1.51. The highest BCUT2D eigenvalue weighted by Crippen LogP contribution is 2.34. The van der Waals surface area contributed by atoms with Crippen LogP contribution >= 0.6 is 0 Å². The van der Waals surface area contributed by atoms with E-state index in [1.807, 2.05) is 42.5 Å². The van der Waals surface area contributed by atoms with Crippen LogP contribution in [0.2, 0.25) is 0 Å². The molecule has 0 unspecified atom stereocenters. The molecule has 0 spiro atoms. The first-order chi connectivity index (χ1) is 27.3. The first-order valence-electron chi connectivity index (χ1n) is 20.4. The Morgan fingerprint density at radius 2 is 1.63 bits per heavy atom. The molecule has 3 aromatic rings. The van der Waals surface area contributed by atoms with Gasteiger partial charge in [-0.15, -0.1) is 0 Å². The van der Waals surface area contributed by atoms with Gasteiger partial charge in [0.25, 0.3) is 0 Å². The summed E-state index contributed by atoms with van der Waals surface area (Å²) < 4.78 is 6.09. The number of rotatable bonds is 21. The number of amides is 4. The number of aromatic nitrogens is 3. The smallest absolute Gasteiger partial charge is 0.411 e. The number of unbranched alkanes of at least 4 members (excludes halogenated alkanes) is 1. The van der Waals surface area contributed by atoms with E-state index in [1.54, 1.807) is 39.4 Å². The molecule has 1 aliphatic rings. The molecule has 1 fully saturated rings. The topological polar surface area (TPSA) is 210 Å². The summed E-state index contributed by atoms with van der Waals surface area (Å²) in [5.74, 6) is -2.01. The number of pyridine rings is 1. The van der Waals surface area contributed by atoms with Crippen LogP contribution < -0.4 is 16.8 Å². The van der Waals surface area contributed by atoms with Gasteiger partial charge in [-0.3, -0.25) is 24.3 Å². The van der Waals surface area contributed by atoms with Crippen molar-refractivity contribution in [2.24, 2.45) is 23.3 Å². The maximum absolute atomic E-state index is 15.1. The highest BCUT2D eigenvalue weighted by Gasteiger charge is 2.45. The SMILES string of the molecule is CN(C(=O)[C@H](Cc1ccccc1)N(C(=O)OC(C)(C)C)[C@@H](CC1CCCCC1)[C@@H](O)C[C@@H](Cc1ccncc1)C(=O)NCCCCN)[C@@H](Cc1cnc[nH]1)C(N)=O. The van der Waals surface area contributed by atoms with E-state index in [1.165, 1.54) is 23.2 Å². The van der Waals surface area contributed by atoms with Crippen molar-refractivity contribution in [2.75, 3.05) is 20.1 Å². The number of primary amides is 1. The summed E-state index contributed by atoms with van der Waals surface area (Å²) in [6, 6.07) is 9.78. The van der Waals surface area contributed by atoms with E-state index >= 15 is 4.79 Å². The number of carbonyl (C=O) groups is 4. The number of nitrogens with zero attached hydrogens (tertiary/aromatic N) is 4. The van der Waals surface area contributed by atoms with Gasteiger partial charge in [0, 0.05) is 56.6 Å². The van der Waals surface area contributed by atoms with Crippen molar-refractivity contribution in [3.8, 4) is 0 Å². The van der Waals surface area contributed by atoms with Crippen LogP contribution in [0.5, 0.6) is 0 Å². The lowest BCUT2D eigenvalue weighted by Gasteiger charge is -2.43. The molecule has 4 rings (SSSR count). The fourth-order valence-corrected chi connectivity index (χ4v) is 7.75. The molecule has 0 radical (unpaired) electrons. The summed E-state index contributed by atoms with van der Waals surface area (Å²) in [5, 5.41) is 15.6. The van der Waals surface area contributed by atoms with Crippen molar-refractivity contribution in [3.05, 3.63) is 84.2 Å². The summed E-state index contributed by atoms with van der Waals surface area (Å²) in [6.45, 7) is 6.21. The second kappa shape index (κ2) is 22.2. The largest absolute Gasteiger partial charge is 0.444 e. The molecule has 312 valence electrons. The average molecular weight is 789 g/mol. The van der Waals surface area contributed by atoms with Gasteiger partial charge in [0.15, 0.2) is 0 Å². The lowest BCUT2D eigenvalue weighted by atomic mass is 9.81. The predicted molar refractivity (Wildman–Crippen MR) is 218 cm³/mol. The Balaban J connectivity index is 1.82. The van der Waals surface area contributed by atoms with Crippen LogP contribution in [0.15, 0.2) is 67.4 Å². The predicted octanol–water partition coefficient (Wildman–Crippen LogP) is 4.31. The third-order valence-corrected chi connectivity index (χ3v) is 10.8. The first kappa shape index (κ1) is 44.9. The number of aromatic amines is 1. The summed E-state index contributed by atoms with van der Waals surface area (Å²) in [5.41, 5.74) is 12.9. The van der Waals surface area contributed by atoms with Crippen molar-refractivity contribution in [1.29, 1.82) is 0 Å². The maximum atomic E-state index is 15.1. The van der Waals surface area contributed by atoms with Crippen molar-refractivity contribution >= 4 is 23.8 Å². The van der Waals surface area contributed by atoms with E-state index in [2.05, 4.69) is 20.3 Å². The number of H-pyrrole nitrogens is 1. The zero-order valence-corrected chi connectivity index (χ0v) is 34.1. The molecule has 0 aliphatic heterocycles. The highest BCUT2D eigenvalue weighted by molar-refractivity contribution is 5.91. The molecule has 4 amide bonds. The zero-order valence-electron chi connectivity index (χ0n) is 34.1. The lowest BCUT2D eigenvalue weighted by Crippen LogP contribution is -2.61. The molecular formula is C43H64N8O6. The molecule has 5 atom stereocenters. The first-order valence-corrected chi connectivity index (χ1v) is 20.4. The number of aliphatic hydroxyl groups excluding tert-OH is 1.